The fourth-order valence-corrected chi connectivity index (χ4v) is 1.72. The molecule has 0 bridgehead atoms. The van der Waals surface area contributed by atoms with Gasteiger partial charge in [0.15, 0.2) is 0 Å². The van der Waals surface area contributed by atoms with Gasteiger partial charge < -0.3 is 19.7 Å². The van der Waals surface area contributed by atoms with Crippen molar-refractivity contribution in [2.45, 2.75) is 25.9 Å². The number of nitrogens with zero attached hydrogens (tertiary/aromatic N) is 2. The molecule has 1 aromatic heterocycles. The van der Waals surface area contributed by atoms with Crippen molar-refractivity contribution in [2.24, 2.45) is 0 Å². The number of anilines is 2. The van der Waals surface area contributed by atoms with E-state index in [9.17, 15) is 0 Å². The van der Waals surface area contributed by atoms with Gasteiger partial charge in [-0.2, -0.15) is 0 Å². The van der Waals surface area contributed by atoms with Crippen molar-refractivity contribution >= 4 is 11.4 Å². The van der Waals surface area contributed by atoms with Gasteiger partial charge in [0, 0.05) is 33.9 Å². The standard InChI is InChI=1S/C14H25N3O2/c1-14(2,19-6)8-10-15-12-11(17(3)4)7-9-16-13(12)18-5/h7,9,15H,8,10H2,1-6H3. The molecule has 0 saturated carbocycles. The SMILES string of the molecule is COc1nccc(N(C)C)c1NCCC(C)(C)OC. The van der Waals surface area contributed by atoms with E-state index in [0.717, 1.165) is 24.3 Å². The number of aromatic nitrogens is 1. The monoisotopic (exact) mass is 267 g/mol. The maximum atomic E-state index is 5.41. The molecule has 5 heteroatoms. The quantitative estimate of drug-likeness (QED) is 0.822. The highest BCUT2D eigenvalue weighted by molar-refractivity contribution is 5.74. The Kier molecular flexibility index (Phi) is 5.42. The van der Waals surface area contributed by atoms with Gasteiger partial charge in [0.2, 0.25) is 5.88 Å². The fraction of sp³-hybridized carbons (Fsp3) is 0.643. The summed E-state index contributed by atoms with van der Waals surface area (Å²) in [6.45, 7) is 4.94. The Labute approximate surface area is 115 Å². The van der Waals surface area contributed by atoms with Crippen molar-refractivity contribution in [1.29, 1.82) is 0 Å². The zero-order chi connectivity index (χ0) is 14.5. The van der Waals surface area contributed by atoms with Crippen LogP contribution in [0.25, 0.3) is 0 Å². The van der Waals surface area contributed by atoms with Crippen LogP contribution in [0.15, 0.2) is 12.3 Å². The van der Waals surface area contributed by atoms with Gasteiger partial charge in [-0.15, -0.1) is 0 Å². The maximum absolute atomic E-state index is 5.41. The molecule has 108 valence electrons. The van der Waals surface area contributed by atoms with Gasteiger partial charge in [-0.1, -0.05) is 0 Å². The van der Waals surface area contributed by atoms with Gasteiger partial charge in [0.1, 0.15) is 5.69 Å². The molecular weight excluding hydrogens is 242 g/mol. The first-order chi connectivity index (χ1) is 8.91. The highest BCUT2D eigenvalue weighted by atomic mass is 16.5. The van der Waals surface area contributed by atoms with Gasteiger partial charge >= 0.3 is 0 Å². The third-order valence-corrected chi connectivity index (χ3v) is 3.15. The molecule has 19 heavy (non-hydrogen) atoms. The summed E-state index contributed by atoms with van der Waals surface area (Å²) in [5.74, 6) is 0.612. The Balaban J connectivity index is 2.81. The molecule has 1 heterocycles. The van der Waals surface area contributed by atoms with Crippen LogP contribution in [-0.4, -0.2) is 45.4 Å². The topological polar surface area (TPSA) is 46.6 Å². The van der Waals surface area contributed by atoms with E-state index in [-0.39, 0.29) is 5.60 Å². The third-order valence-electron chi connectivity index (χ3n) is 3.15. The summed E-state index contributed by atoms with van der Waals surface area (Å²) in [5, 5.41) is 3.40. The van der Waals surface area contributed by atoms with E-state index < -0.39 is 0 Å². The van der Waals surface area contributed by atoms with Crippen LogP contribution in [0.1, 0.15) is 20.3 Å². The normalized spacial score (nSPS) is 11.3. The molecule has 5 nitrogen and oxygen atoms in total. The summed E-state index contributed by atoms with van der Waals surface area (Å²) in [6.07, 6.45) is 2.65. The molecule has 0 aliphatic heterocycles. The highest BCUT2D eigenvalue weighted by Crippen LogP contribution is 2.32. The van der Waals surface area contributed by atoms with E-state index >= 15 is 0 Å². The summed E-state index contributed by atoms with van der Waals surface area (Å²) in [4.78, 5) is 6.27. The fourth-order valence-electron chi connectivity index (χ4n) is 1.72. The Hall–Kier alpha value is -1.49. The average Bonchev–Trinajstić information content (AvgIpc) is 2.38. The number of ether oxygens (including phenoxy) is 2. The minimum absolute atomic E-state index is 0.138. The van der Waals surface area contributed by atoms with Crippen molar-refractivity contribution in [1.82, 2.24) is 4.98 Å². The molecule has 0 radical (unpaired) electrons. The summed E-state index contributed by atoms with van der Waals surface area (Å²) >= 11 is 0. The van der Waals surface area contributed by atoms with E-state index in [2.05, 4.69) is 24.1 Å². The number of pyridine rings is 1. The van der Waals surface area contributed by atoms with E-state index in [1.807, 2.05) is 25.1 Å². The van der Waals surface area contributed by atoms with Gasteiger partial charge in [0.05, 0.1) is 18.4 Å². The minimum Gasteiger partial charge on any atom is -0.479 e. The van der Waals surface area contributed by atoms with Crippen molar-refractivity contribution in [2.75, 3.05) is 45.1 Å². The number of rotatable bonds is 7. The molecule has 0 atom stereocenters. The highest BCUT2D eigenvalue weighted by Gasteiger charge is 2.17. The molecule has 1 N–H and O–H groups in total. The lowest BCUT2D eigenvalue weighted by molar-refractivity contribution is 0.0185. The number of nitrogens with one attached hydrogen (secondary N) is 1. The molecule has 0 amide bonds. The van der Waals surface area contributed by atoms with Crippen LogP contribution in [-0.2, 0) is 4.74 Å². The van der Waals surface area contributed by atoms with Crippen LogP contribution >= 0.6 is 0 Å². The predicted molar refractivity (Wildman–Crippen MR) is 79.3 cm³/mol. The molecule has 0 fully saturated rings. The van der Waals surface area contributed by atoms with Crippen LogP contribution in [0.4, 0.5) is 11.4 Å². The number of hydrogen-bond acceptors (Lipinski definition) is 5. The van der Waals surface area contributed by atoms with Gasteiger partial charge in [-0.05, 0) is 26.3 Å². The Morgan fingerprint density at radius 3 is 2.53 bits per heavy atom. The molecule has 0 saturated heterocycles. The smallest absolute Gasteiger partial charge is 0.239 e. The number of methoxy groups -OCH3 is 2. The lowest BCUT2D eigenvalue weighted by atomic mass is 10.1. The van der Waals surface area contributed by atoms with Crippen LogP contribution in [0, 0.1) is 0 Å². The van der Waals surface area contributed by atoms with Crippen LogP contribution in [0.5, 0.6) is 5.88 Å². The van der Waals surface area contributed by atoms with Crippen LogP contribution in [0.3, 0.4) is 0 Å². The lowest BCUT2D eigenvalue weighted by Gasteiger charge is -2.24. The molecule has 0 aromatic carbocycles. The predicted octanol–water partition coefficient (Wildman–Crippen LogP) is 2.38. The van der Waals surface area contributed by atoms with Crippen LogP contribution in [0.2, 0.25) is 0 Å². The Morgan fingerprint density at radius 2 is 2.00 bits per heavy atom. The Morgan fingerprint density at radius 1 is 1.32 bits per heavy atom. The zero-order valence-corrected chi connectivity index (χ0v) is 12.8. The first-order valence-electron chi connectivity index (χ1n) is 6.40. The lowest BCUT2D eigenvalue weighted by Crippen LogP contribution is -2.26. The molecular formula is C14H25N3O2. The van der Waals surface area contributed by atoms with E-state index in [1.54, 1.807) is 20.4 Å². The molecule has 1 aromatic rings. The van der Waals surface area contributed by atoms with Gasteiger partial charge in [0.25, 0.3) is 0 Å². The molecule has 0 spiro atoms. The summed E-state index contributed by atoms with van der Waals surface area (Å²) in [5.41, 5.74) is 1.84. The van der Waals surface area contributed by atoms with Crippen molar-refractivity contribution < 1.29 is 9.47 Å². The maximum Gasteiger partial charge on any atom is 0.239 e. The van der Waals surface area contributed by atoms with Crippen molar-refractivity contribution in [3.8, 4) is 5.88 Å². The largest absolute Gasteiger partial charge is 0.479 e. The third kappa shape index (κ3) is 4.28. The minimum atomic E-state index is -0.138. The van der Waals surface area contributed by atoms with Gasteiger partial charge in [-0.25, -0.2) is 4.98 Å². The number of hydrogen-bond donors (Lipinski definition) is 1. The zero-order valence-electron chi connectivity index (χ0n) is 12.8. The van der Waals surface area contributed by atoms with Crippen molar-refractivity contribution in [3.05, 3.63) is 12.3 Å². The molecule has 0 unspecified atom stereocenters. The van der Waals surface area contributed by atoms with E-state index in [4.69, 9.17) is 9.47 Å². The van der Waals surface area contributed by atoms with Crippen LogP contribution < -0.4 is 15.0 Å². The second kappa shape index (κ2) is 6.61. The summed E-state index contributed by atoms with van der Waals surface area (Å²) in [6, 6.07) is 1.96. The van der Waals surface area contributed by atoms with Crippen molar-refractivity contribution in [3.63, 3.8) is 0 Å². The first-order valence-corrected chi connectivity index (χ1v) is 6.40. The first kappa shape index (κ1) is 15.6. The molecule has 0 aliphatic carbocycles. The van der Waals surface area contributed by atoms with E-state index in [1.165, 1.54) is 0 Å². The summed E-state index contributed by atoms with van der Waals surface area (Å²) < 4.78 is 10.7. The van der Waals surface area contributed by atoms with Gasteiger partial charge in [-0.3, -0.25) is 0 Å². The molecule has 0 aliphatic rings. The second-order valence-electron chi connectivity index (χ2n) is 5.25. The summed E-state index contributed by atoms with van der Waals surface area (Å²) in [7, 11) is 7.36. The average molecular weight is 267 g/mol. The second-order valence-corrected chi connectivity index (χ2v) is 5.25. The molecule has 1 rings (SSSR count). The van der Waals surface area contributed by atoms with E-state index in [0.29, 0.717) is 5.88 Å². The Bertz CT molecular complexity index is 406.